The van der Waals surface area contributed by atoms with Crippen molar-refractivity contribution in [1.29, 1.82) is 0 Å². The smallest absolute Gasteiger partial charge is 0.263 e. The highest BCUT2D eigenvalue weighted by molar-refractivity contribution is 7.92. The Balaban J connectivity index is 1.28. The second-order valence-corrected chi connectivity index (χ2v) is 10.5. The van der Waals surface area contributed by atoms with Gasteiger partial charge in [0.1, 0.15) is 5.75 Å². The molecule has 0 bridgehead atoms. The number of sulfonamides is 1. The molecule has 3 aromatic carbocycles. The van der Waals surface area contributed by atoms with Crippen molar-refractivity contribution in [2.45, 2.75) is 17.9 Å². The topological polar surface area (TPSA) is 152 Å². The van der Waals surface area contributed by atoms with Crippen LogP contribution >= 0.6 is 0 Å². The second kappa shape index (κ2) is 11.7. The van der Waals surface area contributed by atoms with Crippen LogP contribution in [0, 0.1) is 0 Å². The van der Waals surface area contributed by atoms with E-state index in [1.807, 2.05) is 30.3 Å². The number of nitrogens with one attached hydrogen (secondary N) is 3. The highest BCUT2D eigenvalue weighted by Gasteiger charge is 2.19. The maximum atomic E-state index is 12.9. The van der Waals surface area contributed by atoms with Gasteiger partial charge in [-0.2, -0.15) is 0 Å². The molecule has 1 amide bonds. The number of carbonyl (C=O) groups is 1. The van der Waals surface area contributed by atoms with E-state index >= 15 is 0 Å². The molecular weight excluding hydrogens is 528 g/mol. The molecule has 5 N–H and O–H groups in total. The number of para-hydroxylation sites is 1. The number of nitrogen functional groups attached to an aromatic ring is 1. The van der Waals surface area contributed by atoms with Crippen LogP contribution in [0.3, 0.4) is 0 Å². The van der Waals surface area contributed by atoms with Crippen molar-refractivity contribution in [2.75, 3.05) is 10.5 Å². The first-order valence-corrected chi connectivity index (χ1v) is 13.8. The lowest BCUT2D eigenvalue weighted by Gasteiger charge is -2.14. The molecule has 0 fully saturated rings. The lowest BCUT2D eigenvalue weighted by atomic mass is 10.1. The largest absolute Gasteiger partial charge is 0.453 e. The zero-order valence-electron chi connectivity index (χ0n) is 21.2. The fourth-order valence-electron chi connectivity index (χ4n) is 3.87. The summed E-state index contributed by atoms with van der Waals surface area (Å²) in [7, 11) is -3.91. The van der Waals surface area contributed by atoms with Gasteiger partial charge in [-0.25, -0.2) is 18.4 Å². The van der Waals surface area contributed by atoms with Gasteiger partial charge in [0.25, 0.3) is 10.0 Å². The van der Waals surface area contributed by atoms with Crippen molar-refractivity contribution < 1.29 is 17.9 Å². The fourth-order valence-corrected chi connectivity index (χ4v) is 4.91. The van der Waals surface area contributed by atoms with E-state index in [1.165, 1.54) is 18.3 Å². The third kappa shape index (κ3) is 6.63. The standard InChI is InChI=1S/C29H26N6O4S/c30-29-33-19-25(34-29)22-13-11-20(12-14-22)17-31-27(36)16-21-15-26(39-23-7-3-1-4-8-23)28(32-18-21)35-40(37,38)24-9-5-2-6-10-24/h1-15,18-19H,16-17H2,(H,31,36)(H,32,35)(H3,30,33,34). The van der Waals surface area contributed by atoms with Crippen molar-refractivity contribution >= 4 is 27.7 Å². The molecule has 11 heteroatoms. The lowest BCUT2D eigenvalue weighted by molar-refractivity contribution is -0.120. The number of H-pyrrole nitrogens is 1. The summed E-state index contributed by atoms with van der Waals surface area (Å²) in [4.78, 5) is 24.1. The SMILES string of the molecule is Nc1ncc(-c2ccc(CNC(=O)Cc3cnc(NS(=O)(=O)c4ccccc4)c(Oc4ccccc4)c3)cc2)[nH]1. The number of amides is 1. The molecule has 40 heavy (non-hydrogen) atoms. The van der Waals surface area contributed by atoms with Crippen LogP contribution in [0.4, 0.5) is 11.8 Å². The monoisotopic (exact) mass is 554 g/mol. The molecule has 0 aliphatic carbocycles. The highest BCUT2D eigenvalue weighted by atomic mass is 32.2. The predicted molar refractivity (Wildman–Crippen MR) is 152 cm³/mol. The Morgan fingerprint density at radius 2 is 1.57 bits per heavy atom. The summed E-state index contributed by atoms with van der Waals surface area (Å²) in [6.45, 7) is 0.333. The number of nitrogens with zero attached hydrogens (tertiary/aromatic N) is 2. The van der Waals surface area contributed by atoms with E-state index in [4.69, 9.17) is 10.5 Å². The van der Waals surface area contributed by atoms with Gasteiger partial charge in [-0.15, -0.1) is 0 Å². The first kappa shape index (κ1) is 26.4. The minimum Gasteiger partial charge on any atom is -0.453 e. The van der Waals surface area contributed by atoms with E-state index in [0.717, 1.165) is 16.8 Å². The van der Waals surface area contributed by atoms with Gasteiger partial charge in [0.15, 0.2) is 17.5 Å². The number of hydrogen-bond donors (Lipinski definition) is 4. The molecule has 2 aromatic heterocycles. The summed E-state index contributed by atoms with van der Waals surface area (Å²) in [5.41, 5.74) is 8.85. The van der Waals surface area contributed by atoms with Crippen molar-refractivity contribution in [2.24, 2.45) is 0 Å². The van der Waals surface area contributed by atoms with E-state index in [0.29, 0.717) is 23.8 Å². The number of imidazole rings is 1. The zero-order chi connectivity index (χ0) is 28.0. The molecule has 5 aromatic rings. The molecule has 10 nitrogen and oxygen atoms in total. The Labute approximate surface area is 231 Å². The molecule has 0 aliphatic heterocycles. The van der Waals surface area contributed by atoms with Crippen molar-refractivity contribution in [3.8, 4) is 22.8 Å². The van der Waals surface area contributed by atoms with Crippen molar-refractivity contribution in [1.82, 2.24) is 20.3 Å². The van der Waals surface area contributed by atoms with E-state index < -0.39 is 10.0 Å². The molecule has 5 rings (SSSR count). The average Bonchev–Trinajstić information content (AvgIpc) is 3.41. The van der Waals surface area contributed by atoms with Gasteiger partial charge in [-0.3, -0.25) is 9.52 Å². The van der Waals surface area contributed by atoms with Crippen LogP contribution in [0.5, 0.6) is 11.5 Å². The third-order valence-corrected chi connectivity index (χ3v) is 7.23. The summed E-state index contributed by atoms with van der Waals surface area (Å²) in [6, 6.07) is 26.1. The van der Waals surface area contributed by atoms with E-state index in [1.54, 1.807) is 54.7 Å². The molecule has 0 radical (unpaired) electrons. The quantitative estimate of drug-likeness (QED) is 0.198. The maximum Gasteiger partial charge on any atom is 0.263 e. The summed E-state index contributed by atoms with van der Waals surface area (Å²) >= 11 is 0. The first-order valence-electron chi connectivity index (χ1n) is 12.3. The number of benzene rings is 3. The van der Waals surface area contributed by atoms with Crippen LogP contribution in [-0.2, 0) is 27.8 Å². The number of carbonyl (C=O) groups excluding carboxylic acids is 1. The normalized spacial score (nSPS) is 11.1. The summed E-state index contributed by atoms with van der Waals surface area (Å²) in [5, 5.41) is 2.90. The van der Waals surface area contributed by atoms with Gasteiger partial charge >= 0.3 is 0 Å². The molecular formula is C29H26N6O4S. The van der Waals surface area contributed by atoms with Crippen LogP contribution in [-0.4, -0.2) is 29.3 Å². The van der Waals surface area contributed by atoms with Gasteiger partial charge in [0.05, 0.1) is 23.2 Å². The highest BCUT2D eigenvalue weighted by Crippen LogP contribution is 2.30. The number of pyridine rings is 1. The average molecular weight is 555 g/mol. The number of hydrogen-bond acceptors (Lipinski definition) is 7. The number of nitrogens with two attached hydrogens (primary N) is 1. The minimum absolute atomic E-state index is 0.0102. The predicted octanol–water partition coefficient (Wildman–Crippen LogP) is 4.51. The molecule has 0 saturated carbocycles. The number of anilines is 2. The third-order valence-electron chi connectivity index (χ3n) is 5.88. The summed E-state index contributed by atoms with van der Waals surface area (Å²) in [5.74, 6) is 0.796. The van der Waals surface area contributed by atoms with Crippen LogP contribution in [0.25, 0.3) is 11.3 Å². The van der Waals surface area contributed by atoms with Crippen molar-refractivity contribution in [3.05, 3.63) is 115 Å². The van der Waals surface area contributed by atoms with E-state index in [9.17, 15) is 13.2 Å². The van der Waals surface area contributed by atoms with Crippen LogP contribution in [0.1, 0.15) is 11.1 Å². The Hall–Kier alpha value is -5.16. The number of aromatic nitrogens is 3. The van der Waals surface area contributed by atoms with Crippen LogP contribution < -0.4 is 20.5 Å². The van der Waals surface area contributed by atoms with Gasteiger partial charge in [0.2, 0.25) is 5.91 Å². The Morgan fingerprint density at radius 3 is 2.25 bits per heavy atom. The van der Waals surface area contributed by atoms with Gasteiger partial charge in [-0.1, -0.05) is 60.7 Å². The Kier molecular flexibility index (Phi) is 7.74. The number of aromatic amines is 1. The molecule has 0 spiro atoms. The zero-order valence-corrected chi connectivity index (χ0v) is 22.1. The first-order chi connectivity index (χ1) is 19.4. The van der Waals surface area contributed by atoms with Gasteiger partial charge in [0, 0.05) is 12.7 Å². The molecule has 0 aliphatic rings. The lowest BCUT2D eigenvalue weighted by Crippen LogP contribution is -2.24. The van der Waals surface area contributed by atoms with Crippen molar-refractivity contribution in [3.63, 3.8) is 0 Å². The summed E-state index contributed by atoms with van der Waals surface area (Å²) in [6.07, 6.45) is 3.13. The second-order valence-electron chi connectivity index (χ2n) is 8.86. The van der Waals surface area contributed by atoms with Crippen LogP contribution in [0.15, 0.2) is 108 Å². The minimum atomic E-state index is -3.91. The van der Waals surface area contributed by atoms with E-state index in [-0.39, 0.29) is 28.8 Å². The fraction of sp³-hybridized carbons (Fsp3) is 0.0690. The van der Waals surface area contributed by atoms with Gasteiger partial charge < -0.3 is 20.8 Å². The molecule has 0 saturated heterocycles. The van der Waals surface area contributed by atoms with E-state index in [2.05, 4.69) is 25.0 Å². The van der Waals surface area contributed by atoms with Gasteiger partial charge in [-0.05, 0) is 47.0 Å². The molecule has 0 unspecified atom stereocenters. The molecule has 0 atom stereocenters. The number of ether oxygens (including phenoxy) is 1. The molecule has 202 valence electrons. The maximum absolute atomic E-state index is 12.9. The summed E-state index contributed by atoms with van der Waals surface area (Å²) < 4.78 is 34.3. The molecule has 2 heterocycles. The Bertz CT molecular complexity index is 1710. The number of rotatable bonds is 10. The Morgan fingerprint density at radius 1 is 0.875 bits per heavy atom. The van der Waals surface area contributed by atoms with Crippen LogP contribution in [0.2, 0.25) is 0 Å².